The molecule has 1 aromatic heterocycles. The molecule has 0 radical (unpaired) electrons. The largest absolute Gasteiger partial charge is 0.371 e. The van der Waals surface area contributed by atoms with Crippen LogP contribution in [-0.2, 0) is 0 Å². The number of hydrogen-bond acceptors (Lipinski definition) is 4. The maximum Gasteiger partial charge on any atom is 0.327 e. The van der Waals surface area contributed by atoms with Gasteiger partial charge in [0.25, 0.3) is 0 Å². The topological polar surface area (TPSA) is 69.6 Å². The quantitative estimate of drug-likeness (QED) is 0.752. The molecule has 0 spiro atoms. The Labute approximate surface area is 91.1 Å². The highest BCUT2D eigenvalue weighted by Gasteiger charge is 2.35. The first-order valence-electron chi connectivity index (χ1n) is 4.31. The SMILES string of the molecule is CN1CC(O)N(c2ccc(Cl)nn2)C1=O. The Kier molecular flexibility index (Phi) is 2.45. The molecule has 1 aromatic rings. The van der Waals surface area contributed by atoms with Gasteiger partial charge in [0.15, 0.2) is 17.2 Å². The van der Waals surface area contributed by atoms with Crippen molar-refractivity contribution in [3.63, 3.8) is 0 Å². The van der Waals surface area contributed by atoms with Crippen molar-refractivity contribution >= 4 is 23.4 Å². The Morgan fingerprint density at radius 2 is 2.27 bits per heavy atom. The molecule has 0 aromatic carbocycles. The summed E-state index contributed by atoms with van der Waals surface area (Å²) in [5.41, 5.74) is 0. The summed E-state index contributed by atoms with van der Waals surface area (Å²) in [5.74, 6) is 0.293. The number of β-amino-alcohol motifs (C(OH)–C–C–N with tert-alkyl or cyclic N) is 1. The fourth-order valence-corrected chi connectivity index (χ4v) is 1.50. The monoisotopic (exact) mass is 228 g/mol. The number of halogens is 1. The van der Waals surface area contributed by atoms with Crippen molar-refractivity contribution in [3.05, 3.63) is 17.3 Å². The second-order valence-electron chi connectivity index (χ2n) is 3.23. The second kappa shape index (κ2) is 3.63. The lowest BCUT2D eigenvalue weighted by molar-refractivity contribution is 0.183. The molecule has 6 nitrogen and oxygen atoms in total. The molecule has 2 rings (SSSR count). The Balaban J connectivity index is 2.31. The minimum Gasteiger partial charge on any atom is -0.371 e. The molecule has 80 valence electrons. The summed E-state index contributed by atoms with van der Waals surface area (Å²) < 4.78 is 0. The van der Waals surface area contributed by atoms with Gasteiger partial charge < -0.3 is 10.0 Å². The van der Waals surface area contributed by atoms with Crippen LogP contribution in [0.3, 0.4) is 0 Å². The lowest BCUT2D eigenvalue weighted by Gasteiger charge is -2.16. The van der Waals surface area contributed by atoms with Gasteiger partial charge in [0.1, 0.15) is 0 Å². The third-order valence-electron chi connectivity index (χ3n) is 2.13. The van der Waals surface area contributed by atoms with E-state index in [4.69, 9.17) is 11.6 Å². The molecular weight excluding hydrogens is 220 g/mol. The van der Waals surface area contributed by atoms with Crippen LogP contribution in [0.25, 0.3) is 0 Å². The minimum atomic E-state index is -0.891. The number of nitrogens with zero attached hydrogens (tertiary/aromatic N) is 4. The molecule has 1 fully saturated rings. The summed E-state index contributed by atoms with van der Waals surface area (Å²) in [6.07, 6.45) is -0.891. The predicted octanol–water partition coefficient (Wildman–Crippen LogP) is 0.320. The van der Waals surface area contributed by atoms with Crippen molar-refractivity contribution in [1.82, 2.24) is 15.1 Å². The number of amides is 2. The van der Waals surface area contributed by atoms with E-state index in [1.54, 1.807) is 7.05 Å². The van der Waals surface area contributed by atoms with Gasteiger partial charge in [0.05, 0.1) is 6.54 Å². The zero-order chi connectivity index (χ0) is 11.0. The van der Waals surface area contributed by atoms with Crippen molar-refractivity contribution in [3.8, 4) is 0 Å². The molecule has 2 heterocycles. The molecule has 15 heavy (non-hydrogen) atoms. The third-order valence-corrected chi connectivity index (χ3v) is 2.33. The summed E-state index contributed by atoms with van der Waals surface area (Å²) in [6.45, 7) is 0.253. The lowest BCUT2D eigenvalue weighted by Crippen LogP contribution is -2.35. The van der Waals surface area contributed by atoms with E-state index in [0.29, 0.717) is 5.82 Å². The summed E-state index contributed by atoms with van der Waals surface area (Å²) in [7, 11) is 1.61. The summed E-state index contributed by atoms with van der Waals surface area (Å²) in [6, 6.07) is 2.75. The first-order valence-corrected chi connectivity index (χ1v) is 4.69. The van der Waals surface area contributed by atoms with Crippen LogP contribution < -0.4 is 4.90 Å². The van der Waals surface area contributed by atoms with Gasteiger partial charge in [-0.1, -0.05) is 11.6 Å². The highest BCUT2D eigenvalue weighted by molar-refractivity contribution is 6.29. The number of carbonyl (C=O) groups is 1. The molecule has 1 aliphatic heterocycles. The first kappa shape index (κ1) is 10.1. The van der Waals surface area contributed by atoms with E-state index >= 15 is 0 Å². The van der Waals surface area contributed by atoms with Crippen LogP contribution in [0.2, 0.25) is 5.15 Å². The zero-order valence-corrected chi connectivity index (χ0v) is 8.72. The van der Waals surface area contributed by atoms with Crippen molar-refractivity contribution in [1.29, 1.82) is 0 Å². The van der Waals surface area contributed by atoms with E-state index in [9.17, 15) is 9.90 Å². The van der Waals surface area contributed by atoms with Gasteiger partial charge in [-0.2, -0.15) is 0 Å². The zero-order valence-electron chi connectivity index (χ0n) is 7.96. The molecule has 1 N–H and O–H groups in total. The molecule has 0 saturated carbocycles. The molecule has 1 unspecified atom stereocenters. The minimum absolute atomic E-state index is 0.244. The highest BCUT2D eigenvalue weighted by Crippen LogP contribution is 2.20. The number of anilines is 1. The van der Waals surface area contributed by atoms with Gasteiger partial charge in [-0.3, -0.25) is 0 Å². The van der Waals surface area contributed by atoms with Crippen LogP contribution in [0.5, 0.6) is 0 Å². The van der Waals surface area contributed by atoms with Gasteiger partial charge in [0.2, 0.25) is 0 Å². The lowest BCUT2D eigenvalue weighted by atomic mass is 10.4. The van der Waals surface area contributed by atoms with E-state index in [0.717, 1.165) is 0 Å². The smallest absolute Gasteiger partial charge is 0.327 e. The predicted molar refractivity (Wildman–Crippen MR) is 53.6 cm³/mol. The fraction of sp³-hybridized carbons (Fsp3) is 0.375. The van der Waals surface area contributed by atoms with Gasteiger partial charge in [0, 0.05) is 7.05 Å². The van der Waals surface area contributed by atoms with E-state index in [-0.39, 0.29) is 17.7 Å². The molecular formula is C8H9ClN4O2. The number of aliphatic hydroxyl groups is 1. The number of carbonyl (C=O) groups excluding carboxylic acids is 1. The van der Waals surface area contributed by atoms with Crippen molar-refractivity contribution in [2.24, 2.45) is 0 Å². The molecule has 2 amide bonds. The molecule has 7 heteroatoms. The average Bonchev–Trinajstić information content (AvgIpc) is 2.44. The van der Waals surface area contributed by atoms with E-state index in [2.05, 4.69) is 10.2 Å². The van der Waals surface area contributed by atoms with Crippen LogP contribution in [0.4, 0.5) is 10.6 Å². The first-order chi connectivity index (χ1) is 7.09. The number of urea groups is 1. The highest BCUT2D eigenvalue weighted by atomic mass is 35.5. The fourth-order valence-electron chi connectivity index (χ4n) is 1.40. The summed E-state index contributed by atoms with van der Waals surface area (Å²) >= 11 is 5.57. The molecule has 0 bridgehead atoms. The van der Waals surface area contributed by atoms with Crippen LogP contribution in [0.1, 0.15) is 0 Å². The molecule has 1 aliphatic rings. The van der Waals surface area contributed by atoms with Gasteiger partial charge in [-0.15, -0.1) is 10.2 Å². The van der Waals surface area contributed by atoms with Crippen LogP contribution >= 0.6 is 11.6 Å². The number of hydrogen-bond donors (Lipinski definition) is 1. The maximum absolute atomic E-state index is 11.6. The number of likely N-dealkylation sites (N-methyl/N-ethyl adjacent to an activating group) is 1. The number of aliphatic hydroxyl groups excluding tert-OH is 1. The Bertz CT molecular complexity index is 383. The summed E-state index contributed by atoms with van der Waals surface area (Å²) in [4.78, 5) is 14.2. The van der Waals surface area contributed by atoms with Crippen LogP contribution in [0.15, 0.2) is 12.1 Å². The summed E-state index contributed by atoms with van der Waals surface area (Å²) in [5, 5.41) is 17.2. The van der Waals surface area contributed by atoms with E-state index in [1.165, 1.54) is 21.9 Å². The standard InChI is InChI=1S/C8H9ClN4O2/c1-12-4-7(14)13(8(12)15)6-3-2-5(9)10-11-6/h2-3,7,14H,4H2,1H3. The Morgan fingerprint density at radius 1 is 1.53 bits per heavy atom. The normalized spacial score (nSPS) is 21.3. The maximum atomic E-state index is 11.6. The van der Waals surface area contributed by atoms with Crippen LogP contribution in [0, 0.1) is 0 Å². The molecule has 1 atom stereocenters. The second-order valence-corrected chi connectivity index (χ2v) is 3.62. The third kappa shape index (κ3) is 1.73. The van der Waals surface area contributed by atoms with Crippen LogP contribution in [-0.4, -0.2) is 46.1 Å². The van der Waals surface area contributed by atoms with Crippen molar-refractivity contribution in [2.75, 3.05) is 18.5 Å². The molecule has 1 saturated heterocycles. The van der Waals surface area contributed by atoms with Gasteiger partial charge in [-0.05, 0) is 12.1 Å². The molecule has 0 aliphatic carbocycles. The van der Waals surface area contributed by atoms with Crippen molar-refractivity contribution in [2.45, 2.75) is 6.23 Å². The Morgan fingerprint density at radius 3 is 2.73 bits per heavy atom. The van der Waals surface area contributed by atoms with Gasteiger partial charge >= 0.3 is 6.03 Å². The van der Waals surface area contributed by atoms with Crippen molar-refractivity contribution < 1.29 is 9.90 Å². The number of rotatable bonds is 1. The Hall–Kier alpha value is -1.40. The van der Waals surface area contributed by atoms with E-state index < -0.39 is 6.23 Å². The van der Waals surface area contributed by atoms with E-state index in [1.807, 2.05) is 0 Å². The van der Waals surface area contributed by atoms with Gasteiger partial charge in [-0.25, -0.2) is 9.69 Å². The average molecular weight is 229 g/mol. The number of aromatic nitrogens is 2.